The molecule has 2 aliphatic carbocycles. The molecule has 6 rings (SSSR count). The van der Waals surface area contributed by atoms with Crippen molar-refractivity contribution in [3.63, 3.8) is 0 Å². The van der Waals surface area contributed by atoms with E-state index in [2.05, 4.69) is 31.6 Å². The van der Waals surface area contributed by atoms with Crippen LogP contribution in [0.3, 0.4) is 0 Å². The van der Waals surface area contributed by atoms with Gasteiger partial charge in [-0.15, -0.1) is 12.4 Å². The van der Waals surface area contributed by atoms with Crippen LogP contribution in [-0.2, 0) is 4.79 Å². The van der Waals surface area contributed by atoms with Crippen molar-refractivity contribution in [3.05, 3.63) is 24.5 Å². The molecule has 9 nitrogen and oxygen atoms in total. The second kappa shape index (κ2) is 10.1. The van der Waals surface area contributed by atoms with Crippen LogP contribution in [0.2, 0.25) is 0 Å². The third-order valence-corrected chi connectivity index (χ3v) is 7.70. The van der Waals surface area contributed by atoms with Crippen LogP contribution in [0.4, 0.5) is 23.3 Å². The fourth-order valence-corrected chi connectivity index (χ4v) is 5.86. The lowest BCUT2D eigenvalue weighted by Crippen LogP contribution is -2.59. The molecule has 0 unspecified atom stereocenters. The zero-order chi connectivity index (χ0) is 23.0. The Kier molecular flexibility index (Phi) is 6.98. The van der Waals surface area contributed by atoms with Crippen LogP contribution in [0.25, 0.3) is 0 Å². The van der Waals surface area contributed by atoms with Crippen molar-refractivity contribution in [1.82, 2.24) is 20.3 Å². The zero-order valence-corrected chi connectivity index (χ0v) is 20.9. The molecule has 4 heterocycles. The molecule has 1 amide bonds. The Morgan fingerprint density at radius 1 is 1.00 bits per heavy atom. The lowest BCUT2D eigenvalue weighted by Gasteiger charge is -2.45. The second-order valence-electron chi connectivity index (χ2n) is 9.92. The van der Waals surface area contributed by atoms with E-state index in [-0.39, 0.29) is 24.4 Å². The van der Waals surface area contributed by atoms with Crippen LogP contribution in [-0.4, -0.2) is 58.7 Å². The van der Waals surface area contributed by atoms with E-state index < -0.39 is 5.60 Å². The molecule has 0 atom stereocenters. The van der Waals surface area contributed by atoms with Gasteiger partial charge in [-0.2, -0.15) is 4.98 Å². The quantitative estimate of drug-likeness (QED) is 0.655. The monoisotopic (exact) mass is 499 g/mol. The highest BCUT2D eigenvalue weighted by atomic mass is 35.5. The summed E-state index contributed by atoms with van der Waals surface area (Å²) in [6.07, 6.45) is 12.7. The first-order valence-corrected chi connectivity index (χ1v) is 12.8. The standard InChI is InChI=1S/C25H33N7O2.ClH/c33-23-25(10-4-1-5-11-25)34-20-17-28-24(30-22(20)32(23)18-6-2-3-7-18)29-21-9-8-19(16-27-21)31-14-12-26-13-15-31;/h8-9,16-18,26H,1-7,10-15H2,(H,27,28,29,30);1H. The molecule has 2 aromatic rings. The van der Waals surface area contributed by atoms with Gasteiger partial charge in [-0.25, -0.2) is 9.97 Å². The molecular formula is C25H34ClN7O2. The SMILES string of the molecule is Cl.O=C1N(C2CCCC2)c2nc(Nc3ccc(N4CCNCC4)cn3)ncc2OC12CCCCC2. The van der Waals surface area contributed by atoms with Gasteiger partial charge in [-0.05, 0) is 50.7 Å². The highest BCUT2D eigenvalue weighted by molar-refractivity contribution is 6.02. The third kappa shape index (κ3) is 4.63. The first kappa shape index (κ1) is 24.1. The van der Waals surface area contributed by atoms with Crippen LogP contribution in [0, 0.1) is 0 Å². The molecule has 4 aliphatic rings. The molecule has 0 radical (unpaired) electrons. The molecule has 0 bridgehead atoms. The summed E-state index contributed by atoms with van der Waals surface area (Å²) in [5.41, 5.74) is 0.371. The molecule has 35 heavy (non-hydrogen) atoms. The van der Waals surface area contributed by atoms with E-state index in [9.17, 15) is 4.79 Å². The van der Waals surface area contributed by atoms with E-state index in [4.69, 9.17) is 9.72 Å². The number of nitrogens with zero attached hydrogens (tertiary/aromatic N) is 5. The highest BCUT2D eigenvalue weighted by Crippen LogP contribution is 2.45. The van der Waals surface area contributed by atoms with Crippen molar-refractivity contribution in [2.45, 2.75) is 69.4 Å². The van der Waals surface area contributed by atoms with E-state index >= 15 is 0 Å². The number of carbonyl (C=O) groups is 1. The average Bonchev–Trinajstić information content (AvgIpc) is 3.41. The van der Waals surface area contributed by atoms with Crippen LogP contribution in [0.1, 0.15) is 57.8 Å². The van der Waals surface area contributed by atoms with E-state index in [1.165, 1.54) is 0 Å². The van der Waals surface area contributed by atoms with Gasteiger partial charge in [0.1, 0.15) is 5.82 Å². The number of fused-ring (bicyclic) bond motifs is 1. The van der Waals surface area contributed by atoms with Gasteiger partial charge < -0.3 is 20.3 Å². The lowest BCUT2D eigenvalue weighted by molar-refractivity contribution is -0.139. The fourth-order valence-electron chi connectivity index (χ4n) is 5.86. The number of ether oxygens (including phenoxy) is 1. The molecule has 1 saturated heterocycles. The molecule has 2 aromatic heterocycles. The Balaban J connectivity index is 0.00000253. The Morgan fingerprint density at radius 3 is 2.49 bits per heavy atom. The molecular weight excluding hydrogens is 466 g/mol. The van der Waals surface area contributed by atoms with Gasteiger partial charge in [-0.1, -0.05) is 19.3 Å². The predicted molar refractivity (Wildman–Crippen MR) is 138 cm³/mol. The summed E-state index contributed by atoms with van der Waals surface area (Å²) in [7, 11) is 0. The topological polar surface area (TPSA) is 95.5 Å². The van der Waals surface area contributed by atoms with E-state index in [1.54, 1.807) is 6.20 Å². The van der Waals surface area contributed by atoms with Crippen LogP contribution in [0.5, 0.6) is 5.75 Å². The molecule has 0 aromatic carbocycles. The number of anilines is 4. The van der Waals surface area contributed by atoms with Gasteiger partial charge in [0.05, 0.1) is 18.1 Å². The number of pyridine rings is 1. The second-order valence-corrected chi connectivity index (χ2v) is 9.92. The number of nitrogens with one attached hydrogen (secondary N) is 2. The third-order valence-electron chi connectivity index (χ3n) is 7.70. The smallest absolute Gasteiger partial charge is 0.272 e. The maximum atomic E-state index is 13.8. The van der Waals surface area contributed by atoms with Gasteiger partial charge >= 0.3 is 0 Å². The van der Waals surface area contributed by atoms with Crippen LogP contribution in [0.15, 0.2) is 24.5 Å². The summed E-state index contributed by atoms with van der Waals surface area (Å²) < 4.78 is 6.38. The van der Waals surface area contributed by atoms with Crippen molar-refractivity contribution in [2.24, 2.45) is 0 Å². The summed E-state index contributed by atoms with van der Waals surface area (Å²) in [6.45, 7) is 3.94. The van der Waals surface area contributed by atoms with Crippen molar-refractivity contribution in [1.29, 1.82) is 0 Å². The van der Waals surface area contributed by atoms with Crippen LogP contribution < -0.4 is 25.2 Å². The number of amides is 1. The maximum absolute atomic E-state index is 13.8. The van der Waals surface area contributed by atoms with Crippen molar-refractivity contribution in [3.8, 4) is 5.75 Å². The summed E-state index contributed by atoms with van der Waals surface area (Å²) in [5.74, 6) is 2.43. The molecule has 2 N–H and O–H groups in total. The first-order chi connectivity index (χ1) is 16.7. The predicted octanol–water partition coefficient (Wildman–Crippen LogP) is 3.82. The van der Waals surface area contributed by atoms with Gasteiger partial charge in [0.15, 0.2) is 17.2 Å². The Hall–Kier alpha value is -2.65. The first-order valence-electron chi connectivity index (χ1n) is 12.8. The summed E-state index contributed by atoms with van der Waals surface area (Å²) in [4.78, 5) is 32.0. The minimum absolute atomic E-state index is 0. The Bertz CT molecular complexity index is 1030. The number of carbonyl (C=O) groups excluding carboxylic acids is 1. The van der Waals surface area contributed by atoms with Gasteiger partial charge in [0.2, 0.25) is 5.95 Å². The molecule has 3 fully saturated rings. The number of rotatable bonds is 4. The molecule has 10 heteroatoms. The minimum Gasteiger partial charge on any atom is -0.472 e. The van der Waals surface area contributed by atoms with E-state index in [0.29, 0.717) is 23.3 Å². The summed E-state index contributed by atoms with van der Waals surface area (Å²) in [5, 5.41) is 6.59. The molecule has 1 spiro atoms. The van der Waals surface area contributed by atoms with Crippen molar-refractivity contribution >= 4 is 41.6 Å². The maximum Gasteiger partial charge on any atom is 0.272 e. The fraction of sp³-hybridized carbons (Fsp3) is 0.600. The summed E-state index contributed by atoms with van der Waals surface area (Å²) in [6, 6.07) is 4.21. The number of aromatic nitrogens is 3. The van der Waals surface area contributed by atoms with Crippen molar-refractivity contribution in [2.75, 3.05) is 41.3 Å². The Labute approximate surface area is 212 Å². The normalized spacial score (nSPS) is 21.9. The summed E-state index contributed by atoms with van der Waals surface area (Å²) >= 11 is 0. The number of hydrogen-bond donors (Lipinski definition) is 2. The zero-order valence-electron chi connectivity index (χ0n) is 20.0. The lowest BCUT2D eigenvalue weighted by atomic mass is 9.82. The number of halogens is 1. The molecule has 188 valence electrons. The highest BCUT2D eigenvalue weighted by Gasteiger charge is 2.51. The number of piperazine rings is 1. The molecule has 2 aliphatic heterocycles. The van der Waals surface area contributed by atoms with E-state index in [0.717, 1.165) is 89.7 Å². The van der Waals surface area contributed by atoms with Gasteiger partial charge in [0.25, 0.3) is 5.91 Å². The average molecular weight is 500 g/mol. The van der Waals surface area contributed by atoms with E-state index in [1.807, 2.05) is 17.2 Å². The Morgan fingerprint density at radius 2 is 1.77 bits per heavy atom. The molecule has 2 saturated carbocycles. The minimum atomic E-state index is -0.743. The van der Waals surface area contributed by atoms with Gasteiger partial charge in [0, 0.05) is 32.2 Å². The van der Waals surface area contributed by atoms with Gasteiger partial charge in [-0.3, -0.25) is 9.69 Å². The largest absolute Gasteiger partial charge is 0.472 e. The van der Waals surface area contributed by atoms with Crippen molar-refractivity contribution < 1.29 is 9.53 Å². The van der Waals surface area contributed by atoms with Crippen LogP contribution >= 0.6 is 12.4 Å². The number of hydrogen-bond acceptors (Lipinski definition) is 8.